The lowest BCUT2D eigenvalue weighted by molar-refractivity contribution is 0.340. The largest absolute Gasteiger partial charge is 0.494 e. The number of ether oxygens (including phenoxy) is 1. The normalized spacial score (nSPS) is 11.0. The lowest BCUT2D eigenvalue weighted by atomic mass is 10.2. The van der Waals surface area contributed by atoms with Crippen LogP contribution in [0.4, 0.5) is 5.95 Å². The topological polar surface area (TPSA) is 65.4 Å². The van der Waals surface area contributed by atoms with E-state index in [2.05, 4.69) is 10.1 Å². The van der Waals surface area contributed by atoms with Crippen LogP contribution in [-0.2, 0) is 0 Å². The Morgan fingerprint density at radius 3 is 3.00 bits per heavy atom. The summed E-state index contributed by atoms with van der Waals surface area (Å²) in [5.41, 5.74) is 7.49. The molecule has 2 N–H and O–H groups in total. The zero-order chi connectivity index (χ0) is 13.0. The van der Waals surface area contributed by atoms with Crippen LogP contribution in [0.3, 0.4) is 0 Å². The Bertz CT molecular complexity index is 560. The molecule has 94 valence electrons. The quantitative estimate of drug-likeness (QED) is 0.837. The van der Waals surface area contributed by atoms with E-state index in [4.69, 9.17) is 10.5 Å². The maximum absolute atomic E-state index is 5.70. The van der Waals surface area contributed by atoms with Crippen LogP contribution in [0.5, 0.6) is 5.75 Å². The lowest BCUT2D eigenvalue weighted by Crippen LogP contribution is -1.97. The number of hydrogen-bond acceptors (Lipinski definition) is 4. The molecule has 0 unspecified atom stereocenters. The van der Waals surface area contributed by atoms with Gasteiger partial charge in [-0.25, -0.2) is 9.66 Å². The zero-order valence-electron chi connectivity index (χ0n) is 10.5. The molecule has 0 saturated heterocycles. The molecule has 0 bridgehead atoms. The van der Waals surface area contributed by atoms with Gasteiger partial charge >= 0.3 is 0 Å². The fraction of sp³-hybridized carbons (Fsp3) is 0.231. The SMILES string of the molecule is CCOc1cccc(C=Nn2cc(C)nc2N)c1. The first-order valence-electron chi connectivity index (χ1n) is 5.77. The predicted molar refractivity (Wildman–Crippen MR) is 72.0 cm³/mol. The van der Waals surface area contributed by atoms with Gasteiger partial charge in [-0.3, -0.25) is 0 Å². The fourth-order valence-corrected chi connectivity index (χ4v) is 1.58. The Labute approximate surface area is 106 Å². The Balaban J connectivity index is 2.18. The van der Waals surface area contributed by atoms with Gasteiger partial charge in [0, 0.05) is 0 Å². The monoisotopic (exact) mass is 244 g/mol. The number of imidazole rings is 1. The summed E-state index contributed by atoms with van der Waals surface area (Å²) in [5.74, 6) is 1.21. The second-order valence-electron chi connectivity index (χ2n) is 3.84. The molecule has 0 amide bonds. The molecule has 0 atom stereocenters. The number of hydrogen-bond donors (Lipinski definition) is 1. The van der Waals surface area contributed by atoms with E-state index >= 15 is 0 Å². The summed E-state index contributed by atoms with van der Waals surface area (Å²) in [4.78, 5) is 4.07. The Morgan fingerprint density at radius 2 is 2.33 bits per heavy atom. The van der Waals surface area contributed by atoms with Gasteiger partial charge in [-0.15, -0.1) is 0 Å². The van der Waals surface area contributed by atoms with E-state index in [1.54, 1.807) is 17.1 Å². The Kier molecular flexibility index (Phi) is 3.62. The van der Waals surface area contributed by atoms with E-state index in [1.165, 1.54) is 0 Å². The number of rotatable bonds is 4. The average Bonchev–Trinajstić information content (AvgIpc) is 2.66. The summed E-state index contributed by atoms with van der Waals surface area (Å²) in [6.45, 7) is 4.47. The molecule has 0 spiro atoms. The molecule has 1 aromatic carbocycles. The summed E-state index contributed by atoms with van der Waals surface area (Å²) in [6.07, 6.45) is 3.50. The molecule has 5 heteroatoms. The third kappa shape index (κ3) is 2.88. The molecule has 0 aliphatic rings. The van der Waals surface area contributed by atoms with Crippen LogP contribution >= 0.6 is 0 Å². The molecular weight excluding hydrogens is 228 g/mol. The van der Waals surface area contributed by atoms with Crippen molar-refractivity contribution in [2.24, 2.45) is 5.10 Å². The van der Waals surface area contributed by atoms with E-state index in [0.29, 0.717) is 12.6 Å². The molecule has 0 aliphatic heterocycles. The van der Waals surface area contributed by atoms with Crippen molar-refractivity contribution in [3.05, 3.63) is 41.7 Å². The highest BCUT2D eigenvalue weighted by molar-refractivity contribution is 5.80. The first kappa shape index (κ1) is 12.2. The molecule has 0 saturated carbocycles. The standard InChI is InChI=1S/C13H16N4O/c1-3-18-12-6-4-5-11(7-12)8-15-17-9-10(2)16-13(17)14/h4-9H,3H2,1-2H3,(H2,14,16). The molecule has 0 radical (unpaired) electrons. The summed E-state index contributed by atoms with van der Waals surface area (Å²) < 4.78 is 6.97. The van der Waals surface area contributed by atoms with Crippen LogP contribution < -0.4 is 10.5 Å². The molecule has 2 aromatic rings. The van der Waals surface area contributed by atoms with Crippen LogP contribution in [0, 0.1) is 6.92 Å². The molecular formula is C13H16N4O. The van der Waals surface area contributed by atoms with Gasteiger partial charge in [-0.1, -0.05) is 12.1 Å². The van der Waals surface area contributed by atoms with Gasteiger partial charge in [-0.2, -0.15) is 5.10 Å². The highest BCUT2D eigenvalue weighted by Crippen LogP contribution is 2.12. The van der Waals surface area contributed by atoms with E-state index < -0.39 is 0 Å². The predicted octanol–water partition coefficient (Wildman–Crippen LogP) is 2.05. The van der Waals surface area contributed by atoms with Crippen molar-refractivity contribution in [2.45, 2.75) is 13.8 Å². The highest BCUT2D eigenvalue weighted by Gasteiger charge is 1.98. The van der Waals surface area contributed by atoms with Crippen molar-refractivity contribution in [1.29, 1.82) is 0 Å². The van der Waals surface area contributed by atoms with Gasteiger partial charge in [0.25, 0.3) is 0 Å². The number of aromatic nitrogens is 2. The summed E-state index contributed by atoms with van der Waals surface area (Å²) in [5, 5.41) is 4.25. The second kappa shape index (κ2) is 5.35. The molecule has 1 heterocycles. The van der Waals surface area contributed by atoms with Gasteiger partial charge < -0.3 is 10.5 Å². The van der Waals surface area contributed by atoms with Crippen LogP contribution in [0.15, 0.2) is 35.6 Å². The average molecular weight is 244 g/mol. The van der Waals surface area contributed by atoms with Crippen molar-refractivity contribution in [2.75, 3.05) is 12.3 Å². The van der Waals surface area contributed by atoms with E-state index in [1.807, 2.05) is 38.1 Å². The summed E-state index contributed by atoms with van der Waals surface area (Å²) in [6, 6.07) is 7.71. The van der Waals surface area contributed by atoms with Gasteiger partial charge in [0.05, 0.1) is 24.7 Å². The van der Waals surface area contributed by atoms with Crippen molar-refractivity contribution >= 4 is 12.2 Å². The van der Waals surface area contributed by atoms with E-state index in [0.717, 1.165) is 17.0 Å². The first-order valence-corrected chi connectivity index (χ1v) is 5.77. The number of aryl methyl sites for hydroxylation is 1. The van der Waals surface area contributed by atoms with Crippen LogP contribution in [0.2, 0.25) is 0 Å². The molecule has 0 aliphatic carbocycles. The number of nitrogens with two attached hydrogens (primary N) is 1. The van der Waals surface area contributed by atoms with Crippen molar-refractivity contribution in [3.63, 3.8) is 0 Å². The minimum absolute atomic E-state index is 0.379. The van der Waals surface area contributed by atoms with Gasteiger partial charge in [0.2, 0.25) is 5.95 Å². The Morgan fingerprint density at radius 1 is 1.50 bits per heavy atom. The minimum Gasteiger partial charge on any atom is -0.494 e. The van der Waals surface area contributed by atoms with E-state index in [9.17, 15) is 0 Å². The molecule has 18 heavy (non-hydrogen) atoms. The van der Waals surface area contributed by atoms with E-state index in [-0.39, 0.29) is 0 Å². The number of nitrogen functional groups attached to an aromatic ring is 1. The number of nitrogens with zero attached hydrogens (tertiary/aromatic N) is 3. The van der Waals surface area contributed by atoms with Gasteiger partial charge in [0.15, 0.2) is 0 Å². The molecule has 1 aromatic heterocycles. The van der Waals surface area contributed by atoms with Crippen molar-refractivity contribution in [1.82, 2.24) is 9.66 Å². The summed E-state index contributed by atoms with van der Waals surface area (Å²) in [7, 11) is 0. The first-order chi connectivity index (χ1) is 8.69. The van der Waals surface area contributed by atoms with Crippen LogP contribution in [-0.4, -0.2) is 22.5 Å². The third-order valence-electron chi connectivity index (χ3n) is 2.34. The summed E-state index contributed by atoms with van der Waals surface area (Å²) >= 11 is 0. The Hall–Kier alpha value is -2.30. The van der Waals surface area contributed by atoms with Gasteiger partial charge in [-0.05, 0) is 31.5 Å². The second-order valence-corrected chi connectivity index (χ2v) is 3.84. The molecule has 2 rings (SSSR count). The third-order valence-corrected chi connectivity index (χ3v) is 2.34. The highest BCUT2D eigenvalue weighted by atomic mass is 16.5. The molecule has 0 fully saturated rings. The van der Waals surface area contributed by atoms with Crippen molar-refractivity contribution in [3.8, 4) is 5.75 Å². The van der Waals surface area contributed by atoms with Crippen LogP contribution in [0.25, 0.3) is 0 Å². The van der Waals surface area contributed by atoms with Crippen molar-refractivity contribution < 1.29 is 4.74 Å². The minimum atomic E-state index is 0.379. The molecule has 5 nitrogen and oxygen atoms in total. The van der Waals surface area contributed by atoms with Crippen LogP contribution in [0.1, 0.15) is 18.2 Å². The smallest absolute Gasteiger partial charge is 0.221 e. The van der Waals surface area contributed by atoms with Gasteiger partial charge in [0.1, 0.15) is 5.75 Å². The zero-order valence-corrected chi connectivity index (χ0v) is 10.5. The maximum atomic E-state index is 5.70. The fourth-order valence-electron chi connectivity index (χ4n) is 1.58. The lowest BCUT2D eigenvalue weighted by Gasteiger charge is -2.02. The maximum Gasteiger partial charge on any atom is 0.221 e. The number of anilines is 1. The number of benzene rings is 1.